The molecule has 212 valence electrons. The first-order valence-electron chi connectivity index (χ1n) is 14.3. The molecular formula is C31H34FN7O2. The van der Waals surface area contributed by atoms with Crippen molar-refractivity contribution in [2.75, 3.05) is 13.7 Å². The SMILES string of the molecule is COC1CCC(C2(c3nnc(C)o3)NC(c3ncc(C4=NCC(C)=C(F)C=C4)[nH]3)Cc3c2[nH]c2ccccc32)CC1. The summed E-state index contributed by atoms with van der Waals surface area (Å²) in [6.45, 7) is 3.90. The van der Waals surface area contributed by atoms with Gasteiger partial charge in [0.05, 0.1) is 36.3 Å². The van der Waals surface area contributed by atoms with Crippen LogP contribution in [0.1, 0.15) is 73.2 Å². The number of nitrogens with one attached hydrogen (secondary N) is 3. The average Bonchev–Trinajstić information content (AvgIpc) is 3.73. The average molecular weight is 556 g/mol. The van der Waals surface area contributed by atoms with Gasteiger partial charge in [-0.3, -0.25) is 10.3 Å². The fourth-order valence-electron chi connectivity index (χ4n) is 6.81. The highest BCUT2D eigenvalue weighted by atomic mass is 19.1. The zero-order valence-electron chi connectivity index (χ0n) is 23.5. The number of para-hydroxylation sites is 1. The molecule has 0 radical (unpaired) electrons. The number of H-pyrrole nitrogens is 2. The second kappa shape index (κ2) is 10.2. The summed E-state index contributed by atoms with van der Waals surface area (Å²) in [5.41, 5.74) is 4.68. The predicted octanol–water partition coefficient (Wildman–Crippen LogP) is 5.52. The molecule has 7 rings (SSSR count). The van der Waals surface area contributed by atoms with E-state index >= 15 is 0 Å². The van der Waals surface area contributed by atoms with Crippen LogP contribution in [0.5, 0.6) is 0 Å². The predicted molar refractivity (Wildman–Crippen MR) is 153 cm³/mol. The van der Waals surface area contributed by atoms with E-state index in [0.29, 0.717) is 36.0 Å². The Bertz CT molecular complexity index is 1690. The number of allylic oxidation sites excluding steroid dienone is 3. The van der Waals surface area contributed by atoms with Gasteiger partial charge in [-0.05, 0) is 74.3 Å². The van der Waals surface area contributed by atoms with E-state index in [9.17, 15) is 4.39 Å². The number of hydrogen-bond acceptors (Lipinski definition) is 7. The smallest absolute Gasteiger partial charge is 0.242 e. The molecule has 0 amide bonds. The van der Waals surface area contributed by atoms with Crippen LogP contribution in [0.25, 0.3) is 10.9 Å². The third-order valence-corrected chi connectivity index (χ3v) is 8.98. The number of aryl methyl sites for hydroxylation is 1. The molecule has 2 atom stereocenters. The molecule has 0 bridgehead atoms. The second-order valence-corrected chi connectivity index (χ2v) is 11.4. The third-order valence-electron chi connectivity index (χ3n) is 8.98. The molecule has 3 N–H and O–H groups in total. The van der Waals surface area contributed by atoms with Crippen molar-refractivity contribution in [2.45, 2.75) is 63.6 Å². The van der Waals surface area contributed by atoms with Crippen molar-refractivity contribution in [3.8, 4) is 0 Å². The Labute approximate surface area is 237 Å². The molecule has 1 aromatic carbocycles. The molecule has 1 fully saturated rings. The summed E-state index contributed by atoms with van der Waals surface area (Å²) in [6.07, 6.45) is 9.72. The van der Waals surface area contributed by atoms with Crippen molar-refractivity contribution in [2.24, 2.45) is 10.9 Å². The summed E-state index contributed by atoms with van der Waals surface area (Å²) < 4.78 is 26.2. The lowest BCUT2D eigenvalue weighted by Gasteiger charge is -2.46. The largest absolute Gasteiger partial charge is 0.423 e. The molecule has 2 unspecified atom stereocenters. The van der Waals surface area contributed by atoms with Crippen molar-refractivity contribution in [3.63, 3.8) is 0 Å². The lowest BCUT2D eigenvalue weighted by Crippen LogP contribution is -2.56. The van der Waals surface area contributed by atoms with Gasteiger partial charge in [0, 0.05) is 30.6 Å². The van der Waals surface area contributed by atoms with Gasteiger partial charge in [0.25, 0.3) is 0 Å². The van der Waals surface area contributed by atoms with E-state index in [1.807, 2.05) is 6.92 Å². The molecule has 1 aliphatic carbocycles. The zero-order chi connectivity index (χ0) is 28.1. The van der Waals surface area contributed by atoms with E-state index in [1.165, 1.54) is 17.0 Å². The van der Waals surface area contributed by atoms with Crippen molar-refractivity contribution in [1.29, 1.82) is 0 Å². The molecule has 5 heterocycles. The Morgan fingerprint density at radius 3 is 2.66 bits per heavy atom. The van der Waals surface area contributed by atoms with Crippen LogP contribution in [-0.2, 0) is 16.7 Å². The van der Waals surface area contributed by atoms with E-state index in [2.05, 4.69) is 54.7 Å². The highest BCUT2D eigenvalue weighted by molar-refractivity contribution is 6.07. The fourth-order valence-corrected chi connectivity index (χ4v) is 6.81. The fraction of sp³-hybridized carbons (Fsp3) is 0.419. The van der Waals surface area contributed by atoms with Crippen molar-refractivity contribution < 1.29 is 13.5 Å². The van der Waals surface area contributed by atoms with Gasteiger partial charge in [-0.2, -0.15) is 0 Å². The summed E-state index contributed by atoms with van der Waals surface area (Å²) in [7, 11) is 1.79. The van der Waals surface area contributed by atoms with E-state index in [-0.39, 0.29) is 23.9 Å². The number of aliphatic imine (C=N–C) groups is 1. The minimum atomic E-state index is -0.742. The van der Waals surface area contributed by atoms with E-state index in [4.69, 9.17) is 14.1 Å². The first kappa shape index (κ1) is 26.0. The molecule has 9 nitrogen and oxygen atoms in total. The quantitative estimate of drug-likeness (QED) is 0.299. The first-order chi connectivity index (χ1) is 20.0. The molecule has 2 aliphatic heterocycles. The molecule has 4 aromatic rings. The Kier molecular flexibility index (Phi) is 6.47. The molecule has 0 saturated heterocycles. The number of aromatic amines is 2. The number of fused-ring (bicyclic) bond motifs is 3. The molecule has 3 aromatic heterocycles. The Morgan fingerprint density at radius 1 is 1.05 bits per heavy atom. The van der Waals surface area contributed by atoms with Crippen LogP contribution in [-0.4, -0.2) is 50.6 Å². The van der Waals surface area contributed by atoms with Gasteiger partial charge in [0.1, 0.15) is 17.2 Å². The zero-order valence-corrected chi connectivity index (χ0v) is 23.5. The summed E-state index contributed by atoms with van der Waals surface area (Å²) in [5, 5.41) is 14.1. The standard InChI is InChI=1S/C31H34FN7O2/c1-17-15-33-25(13-12-23(17)32)27-16-34-29(36-27)26-14-22-21-6-4-5-7-24(21)35-28(22)31(37-26,30-39-38-18(2)41-30)19-8-10-20(40-3)11-9-19/h4-7,12-13,16,19-20,26,35,37H,8-11,14-15H2,1-3H3,(H,34,36). The topological polar surface area (TPSA) is 117 Å². The summed E-state index contributed by atoms with van der Waals surface area (Å²) in [4.78, 5) is 16.7. The van der Waals surface area contributed by atoms with Crippen LogP contribution >= 0.6 is 0 Å². The summed E-state index contributed by atoms with van der Waals surface area (Å²) in [6, 6.07) is 8.24. The maximum Gasteiger partial charge on any atom is 0.242 e. The Balaban J connectivity index is 1.35. The molecule has 41 heavy (non-hydrogen) atoms. The number of rotatable bonds is 5. The van der Waals surface area contributed by atoms with Crippen LogP contribution in [0.3, 0.4) is 0 Å². The maximum absolute atomic E-state index is 14.2. The Morgan fingerprint density at radius 2 is 1.88 bits per heavy atom. The number of ether oxygens (including phenoxy) is 1. The number of benzene rings is 1. The van der Waals surface area contributed by atoms with Crippen LogP contribution in [0.4, 0.5) is 4.39 Å². The second-order valence-electron chi connectivity index (χ2n) is 11.4. The Hall–Kier alpha value is -3.89. The van der Waals surface area contributed by atoms with E-state index in [1.54, 1.807) is 26.3 Å². The normalized spacial score (nSPS) is 26.7. The minimum Gasteiger partial charge on any atom is -0.423 e. The maximum atomic E-state index is 14.2. The lowest BCUT2D eigenvalue weighted by molar-refractivity contribution is 0.0304. The molecule has 10 heteroatoms. The van der Waals surface area contributed by atoms with Crippen LogP contribution in [0.2, 0.25) is 0 Å². The van der Waals surface area contributed by atoms with E-state index in [0.717, 1.165) is 48.4 Å². The number of aromatic nitrogens is 5. The minimum absolute atomic E-state index is 0.172. The van der Waals surface area contributed by atoms with Gasteiger partial charge in [0.2, 0.25) is 11.8 Å². The molecule has 1 saturated carbocycles. The van der Waals surface area contributed by atoms with Crippen LogP contribution in [0.15, 0.2) is 63.4 Å². The highest BCUT2D eigenvalue weighted by Gasteiger charge is 2.54. The molecule has 0 spiro atoms. The van der Waals surface area contributed by atoms with Gasteiger partial charge in [-0.1, -0.05) is 18.2 Å². The monoisotopic (exact) mass is 555 g/mol. The molecular weight excluding hydrogens is 521 g/mol. The molecule has 3 aliphatic rings. The number of methoxy groups -OCH3 is 1. The number of hydrogen-bond donors (Lipinski definition) is 3. The van der Waals surface area contributed by atoms with Crippen molar-refractivity contribution in [1.82, 2.24) is 30.5 Å². The number of halogens is 1. The van der Waals surface area contributed by atoms with Crippen molar-refractivity contribution in [3.05, 3.63) is 88.6 Å². The van der Waals surface area contributed by atoms with Crippen molar-refractivity contribution >= 4 is 16.6 Å². The van der Waals surface area contributed by atoms with Gasteiger partial charge in [-0.15, -0.1) is 10.2 Å². The third kappa shape index (κ3) is 4.36. The van der Waals surface area contributed by atoms with Crippen LogP contribution < -0.4 is 5.32 Å². The highest BCUT2D eigenvalue weighted by Crippen LogP contribution is 2.50. The first-order valence-corrected chi connectivity index (χ1v) is 14.3. The summed E-state index contributed by atoms with van der Waals surface area (Å²) in [5.74, 6) is 1.82. The van der Waals surface area contributed by atoms with Gasteiger partial charge in [-0.25, -0.2) is 9.37 Å². The van der Waals surface area contributed by atoms with E-state index < -0.39 is 5.54 Å². The van der Waals surface area contributed by atoms with Gasteiger partial charge < -0.3 is 19.1 Å². The number of imidazole rings is 1. The number of nitrogens with zero attached hydrogens (tertiary/aromatic N) is 4. The lowest BCUT2D eigenvalue weighted by atomic mass is 9.68. The van der Waals surface area contributed by atoms with Crippen LogP contribution in [0, 0.1) is 12.8 Å². The van der Waals surface area contributed by atoms with Gasteiger partial charge in [0.15, 0.2) is 0 Å². The summed E-state index contributed by atoms with van der Waals surface area (Å²) >= 11 is 0. The van der Waals surface area contributed by atoms with Gasteiger partial charge >= 0.3 is 0 Å².